The van der Waals surface area contributed by atoms with Gasteiger partial charge in [-0.15, -0.1) is 0 Å². The maximum absolute atomic E-state index is 12.0. The number of rotatable bonds is 5. The third-order valence-electron chi connectivity index (χ3n) is 3.88. The van der Waals surface area contributed by atoms with Crippen molar-refractivity contribution in [1.29, 1.82) is 0 Å². The highest BCUT2D eigenvalue weighted by molar-refractivity contribution is 6.35. The molecule has 6 heteroatoms. The summed E-state index contributed by atoms with van der Waals surface area (Å²) in [5, 5.41) is 4.32. The van der Waals surface area contributed by atoms with Crippen LogP contribution in [0.2, 0.25) is 10.0 Å². The molecule has 1 aromatic carbocycles. The zero-order valence-electron chi connectivity index (χ0n) is 12.9. The summed E-state index contributed by atoms with van der Waals surface area (Å²) in [6.07, 6.45) is 2.12. The van der Waals surface area contributed by atoms with Crippen molar-refractivity contribution in [2.75, 3.05) is 32.7 Å². The van der Waals surface area contributed by atoms with E-state index in [9.17, 15) is 4.79 Å². The fraction of sp³-hybridized carbons (Fsp3) is 0.562. The summed E-state index contributed by atoms with van der Waals surface area (Å²) in [4.78, 5) is 16.2. The van der Waals surface area contributed by atoms with E-state index >= 15 is 0 Å². The van der Waals surface area contributed by atoms with Gasteiger partial charge in [0.15, 0.2) is 0 Å². The number of nitrogens with zero attached hydrogens (tertiary/aromatic N) is 2. The SMILES string of the molecule is CCCCNC(=O)N1CCN(Cc2ccc(Cl)cc2Cl)CC1. The smallest absolute Gasteiger partial charge is 0.317 e. The zero-order valence-corrected chi connectivity index (χ0v) is 14.5. The van der Waals surface area contributed by atoms with Gasteiger partial charge in [-0.2, -0.15) is 0 Å². The number of unbranched alkanes of at least 4 members (excludes halogenated alkanes) is 1. The fourth-order valence-corrected chi connectivity index (χ4v) is 2.95. The normalized spacial score (nSPS) is 15.9. The number of hydrogen-bond acceptors (Lipinski definition) is 2. The molecule has 1 fully saturated rings. The quantitative estimate of drug-likeness (QED) is 0.828. The number of amides is 2. The molecule has 22 heavy (non-hydrogen) atoms. The predicted molar refractivity (Wildman–Crippen MR) is 91.6 cm³/mol. The van der Waals surface area contributed by atoms with Crippen molar-refractivity contribution in [3.8, 4) is 0 Å². The standard InChI is InChI=1S/C16H23Cl2N3O/c1-2-3-6-19-16(22)21-9-7-20(8-10-21)12-13-4-5-14(17)11-15(13)18/h4-5,11H,2-3,6-10,12H2,1H3,(H,19,22). The van der Waals surface area contributed by atoms with Crippen LogP contribution in [0.1, 0.15) is 25.3 Å². The maximum Gasteiger partial charge on any atom is 0.317 e. The summed E-state index contributed by atoms with van der Waals surface area (Å²) in [6, 6.07) is 5.66. The average Bonchev–Trinajstić information content (AvgIpc) is 2.51. The van der Waals surface area contributed by atoms with Gasteiger partial charge in [-0.25, -0.2) is 4.79 Å². The van der Waals surface area contributed by atoms with Gasteiger partial charge in [-0.1, -0.05) is 42.6 Å². The first-order valence-electron chi connectivity index (χ1n) is 7.79. The van der Waals surface area contributed by atoms with Crippen LogP contribution >= 0.6 is 23.2 Å². The van der Waals surface area contributed by atoms with Crippen molar-refractivity contribution in [1.82, 2.24) is 15.1 Å². The molecule has 0 aliphatic carbocycles. The van der Waals surface area contributed by atoms with Crippen LogP contribution in [0.4, 0.5) is 4.79 Å². The van der Waals surface area contributed by atoms with Crippen LogP contribution in [0, 0.1) is 0 Å². The van der Waals surface area contributed by atoms with Crippen LogP contribution in [0.3, 0.4) is 0 Å². The number of hydrogen-bond donors (Lipinski definition) is 1. The summed E-state index contributed by atoms with van der Waals surface area (Å²) >= 11 is 12.1. The van der Waals surface area contributed by atoms with E-state index in [1.54, 1.807) is 6.07 Å². The lowest BCUT2D eigenvalue weighted by atomic mass is 10.2. The molecule has 0 radical (unpaired) electrons. The number of benzene rings is 1. The lowest BCUT2D eigenvalue weighted by Crippen LogP contribution is -2.51. The molecule has 0 spiro atoms. The second-order valence-corrected chi connectivity index (χ2v) is 6.43. The van der Waals surface area contributed by atoms with E-state index < -0.39 is 0 Å². The number of urea groups is 1. The molecule has 0 bridgehead atoms. The molecule has 0 aromatic heterocycles. The van der Waals surface area contributed by atoms with Gasteiger partial charge in [0.2, 0.25) is 0 Å². The molecule has 1 saturated heterocycles. The average molecular weight is 344 g/mol. The number of carbonyl (C=O) groups excluding carboxylic acids is 1. The molecular formula is C16H23Cl2N3O. The van der Waals surface area contributed by atoms with Gasteiger partial charge in [-0.3, -0.25) is 4.90 Å². The highest BCUT2D eigenvalue weighted by atomic mass is 35.5. The van der Waals surface area contributed by atoms with Gasteiger partial charge < -0.3 is 10.2 Å². The monoisotopic (exact) mass is 343 g/mol. The molecule has 0 saturated carbocycles. The van der Waals surface area contributed by atoms with Gasteiger partial charge in [0.25, 0.3) is 0 Å². The van der Waals surface area contributed by atoms with E-state index in [4.69, 9.17) is 23.2 Å². The van der Waals surface area contributed by atoms with Gasteiger partial charge >= 0.3 is 6.03 Å². The van der Waals surface area contributed by atoms with E-state index in [-0.39, 0.29) is 6.03 Å². The molecule has 1 aliphatic rings. The molecule has 0 atom stereocenters. The second kappa shape index (κ2) is 8.61. The first kappa shape index (κ1) is 17.4. The summed E-state index contributed by atoms with van der Waals surface area (Å²) in [6.45, 7) is 6.90. The highest BCUT2D eigenvalue weighted by Crippen LogP contribution is 2.22. The molecule has 1 heterocycles. The Kier molecular flexibility index (Phi) is 6.80. The van der Waals surface area contributed by atoms with Crippen LogP contribution in [0.15, 0.2) is 18.2 Å². The van der Waals surface area contributed by atoms with Crippen LogP contribution in [-0.4, -0.2) is 48.6 Å². The number of carbonyl (C=O) groups is 1. The Morgan fingerprint density at radius 2 is 1.95 bits per heavy atom. The van der Waals surface area contributed by atoms with Crippen LogP contribution in [-0.2, 0) is 6.54 Å². The Morgan fingerprint density at radius 1 is 1.23 bits per heavy atom. The summed E-state index contributed by atoms with van der Waals surface area (Å²) in [7, 11) is 0. The molecule has 1 N–H and O–H groups in total. The molecule has 2 amide bonds. The summed E-state index contributed by atoms with van der Waals surface area (Å²) < 4.78 is 0. The minimum absolute atomic E-state index is 0.0534. The van der Waals surface area contributed by atoms with E-state index in [1.165, 1.54) is 0 Å². The molecular weight excluding hydrogens is 321 g/mol. The maximum atomic E-state index is 12.0. The fourth-order valence-electron chi connectivity index (χ4n) is 2.48. The number of halogens is 2. The van der Waals surface area contributed by atoms with Crippen molar-refractivity contribution in [3.63, 3.8) is 0 Å². The molecule has 4 nitrogen and oxygen atoms in total. The molecule has 1 aromatic rings. The van der Waals surface area contributed by atoms with E-state index in [0.717, 1.165) is 57.7 Å². The zero-order chi connectivity index (χ0) is 15.9. The first-order valence-corrected chi connectivity index (χ1v) is 8.55. The predicted octanol–water partition coefficient (Wildman–Crippen LogP) is 3.62. The Hall–Kier alpha value is -0.970. The molecule has 122 valence electrons. The van der Waals surface area contributed by atoms with E-state index in [0.29, 0.717) is 10.0 Å². The van der Waals surface area contributed by atoms with E-state index in [1.807, 2.05) is 17.0 Å². The van der Waals surface area contributed by atoms with Gasteiger partial charge in [0.05, 0.1) is 0 Å². The van der Waals surface area contributed by atoms with Crippen molar-refractivity contribution >= 4 is 29.2 Å². The first-order chi connectivity index (χ1) is 10.6. The van der Waals surface area contributed by atoms with Crippen LogP contribution in [0.25, 0.3) is 0 Å². The Balaban J connectivity index is 1.78. The van der Waals surface area contributed by atoms with E-state index in [2.05, 4.69) is 17.1 Å². The minimum Gasteiger partial charge on any atom is -0.338 e. The molecule has 1 aliphatic heterocycles. The lowest BCUT2D eigenvalue weighted by Gasteiger charge is -2.34. The topological polar surface area (TPSA) is 35.6 Å². The van der Waals surface area contributed by atoms with Crippen molar-refractivity contribution in [2.24, 2.45) is 0 Å². The van der Waals surface area contributed by atoms with Gasteiger partial charge in [-0.05, 0) is 24.1 Å². The number of nitrogens with one attached hydrogen (secondary N) is 1. The van der Waals surface area contributed by atoms with Crippen LogP contribution < -0.4 is 5.32 Å². The molecule has 0 unspecified atom stereocenters. The minimum atomic E-state index is 0.0534. The third kappa shape index (κ3) is 5.04. The Labute approximate surface area is 142 Å². The van der Waals surface area contributed by atoms with Gasteiger partial charge in [0, 0.05) is 49.3 Å². The van der Waals surface area contributed by atoms with Crippen molar-refractivity contribution in [2.45, 2.75) is 26.3 Å². The second-order valence-electron chi connectivity index (χ2n) is 5.58. The number of piperazine rings is 1. The van der Waals surface area contributed by atoms with Crippen molar-refractivity contribution < 1.29 is 4.79 Å². The Morgan fingerprint density at radius 3 is 2.59 bits per heavy atom. The molecule has 2 rings (SSSR count). The third-order valence-corrected chi connectivity index (χ3v) is 4.46. The highest BCUT2D eigenvalue weighted by Gasteiger charge is 2.21. The van der Waals surface area contributed by atoms with Crippen molar-refractivity contribution in [3.05, 3.63) is 33.8 Å². The lowest BCUT2D eigenvalue weighted by molar-refractivity contribution is 0.135. The Bertz CT molecular complexity index is 502. The van der Waals surface area contributed by atoms with Crippen LogP contribution in [0.5, 0.6) is 0 Å². The van der Waals surface area contributed by atoms with Gasteiger partial charge in [0.1, 0.15) is 0 Å². The largest absolute Gasteiger partial charge is 0.338 e. The summed E-state index contributed by atoms with van der Waals surface area (Å²) in [5.74, 6) is 0. The summed E-state index contributed by atoms with van der Waals surface area (Å²) in [5.41, 5.74) is 1.08.